The van der Waals surface area contributed by atoms with E-state index in [0.29, 0.717) is 19.3 Å². The summed E-state index contributed by atoms with van der Waals surface area (Å²) in [7, 11) is 0. The van der Waals surface area contributed by atoms with Gasteiger partial charge in [-0.05, 0) is 128 Å². The van der Waals surface area contributed by atoms with Crippen LogP contribution in [0.25, 0.3) is 0 Å². The quantitative estimate of drug-likeness (QED) is 0.0228. The SMILES string of the molecule is CC/C=C\C/C=C\C/C=C\C/C=C\C/C=C\CCCCCC(=O)OC1C(OCC(COC(=O)CCCCCCCCCCC/C=C\C/C=C\CCCCC)OC(=O)CCCCCCCCC/C=C\C/C=C\C/C=C\CC)OC(C(=O)O)C(O)C1O. The summed E-state index contributed by atoms with van der Waals surface area (Å²) in [5.41, 5.74) is 0. The molecule has 12 heteroatoms. The smallest absolute Gasteiger partial charge is 0.335 e. The van der Waals surface area contributed by atoms with Crippen molar-refractivity contribution in [1.29, 1.82) is 0 Å². The Bertz CT molecular complexity index is 1940. The fourth-order valence-electron chi connectivity index (χ4n) is 9.44. The summed E-state index contributed by atoms with van der Waals surface area (Å²) >= 11 is 0. The Labute approximate surface area is 516 Å². The number of esters is 3. The average Bonchev–Trinajstić information content (AvgIpc) is 2.79. The zero-order chi connectivity index (χ0) is 61.7. The molecule has 1 saturated heterocycles. The van der Waals surface area contributed by atoms with Crippen molar-refractivity contribution in [3.05, 3.63) is 122 Å². The molecule has 0 aromatic heterocycles. The average molecular weight is 1190 g/mol. The molecule has 0 spiro atoms. The molecule has 0 aromatic carbocycles. The molecule has 6 unspecified atom stereocenters. The maximum atomic E-state index is 13.2. The van der Waals surface area contributed by atoms with Crippen LogP contribution in [-0.4, -0.2) is 89.2 Å². The standard InChI is InChI=1S/C73H118O12/c1-4-7-10-13-16-19-22-25-28-31-33-36-38-41-44-47-50-53-56-59-65(74)81-62-64(83-66(75)60-57-54-51-48-45-42-39-35-30-27-24-21-18-15-12-9-6-3)63-82-73-71(69(78)68(77)70(85-73)72(79)80)84-67(76)61-58-55-52-49-46-43-40-37-34-32-29-26-23-20-17-14-11-8-5-2/h8-9,11-12,16-21,25-30,34,37,43,46,64,68-71,73,77-78H,4-7,10,13-15,22-24,31-33,35-36,38-42,44-45,47-63H2,1-3H3,(H,79,80)/b11-8-,12-9-,19-16-,20-17-,21-18-,28-25-,29-26-,30-27-,37-34-,46-43-. The molecule has 1 heterocycles. The molecule has 0 amide bonds. The van der Waals surface area contributed by atoms with Crippen molar-refractivity contribution in [3.63, 3.8) is 0 Å². The van der Waals surface area contributed by atoms with Gasteiger partial charge < -0.3 is 39.0 Å². The Morgan fingerprint density at radius 3 is 1.14 bits per heavy atom. The van der Waals surface area contributed by atoms with Crippen molar-refractivity contribution in [2.24, 2.45) is 0 Å². The van der Waals surface area contributed by atoms with Crippen LogP contribution in [0.2, 0.25) is 0 Å². The van der Waals surface area contributed by atoms with Gasteiger partial charge in [0, 0.05) is 19.3 Å². The van der Waals surface area contributed by atoms with Crippen molar-refractivity contribution in [3.8, 4) is 0 Å². The number of carbonyl (C=O) groups is 4. The topological polar surface area (TPSA) is 175 Å². The lowest BCUT2D eigenvalue weighted by Gasteiger charge is -2.40. The molecule has 1 fully saturated rings. The predicted octanol–water partition coefficient (Wildman–Crippen LogP) is 18.3. The largest absolute Gasteiger partial charge is 0.479 e. The maximum Gasteiger partial charge on any atom is 0.335 e. The van der Waals surface area contributed by atoms with Crippen LogP contribution in [0.1, 0.15) is 265 Å². The van der Waals surface area contributed by atoms with Crippen LogP contribution < -0.4 is 0 Å². The number of ether oxygens (including phenoxy) is 5. The highest BCUT2D eigenvalue weighted by Gasteiger charge is 2.50. The third kappa shape index (κ3) is 48.9. The highest BCUT2D eigenvalue weighted by molar-refractivity contribution is 5.74. The van der Waals surface area contributed by atoms with Crippen LogP contribution in [0.3, 0.4) is 0 Å². The van der Waals surface area contributed by atoms with Gasteiger partial charge in [-0.25, -0.2) is 4.79 Å². The van der Waals surface area contributed by atoms with E-state index in [0.717, 1.165) is 148 Å². The summed E-state index contributed by atoms with van der Waals surface area (Å²) in [6.45, 7) is 5.74. The van der Waals surface area contributed by atoms with Crippen molar-refractivity contribution in [2.45, 2.75) is 302 Å². The third-order valence-electron chi connectivity index (χ3n) is 14.5. The van der Waals surface area contributed by atoms with Crippen LogP contribution >= 0.6 is 0 Å². The Hall–Kier alpha value is -4.88. The molecule has 1 aliphatic rings. The van der Waals surface area contributed by atoms with E-state index in [4.69, 9.17) is 23.7 Å². The lowest BCUT2D eigenvalue weighted by Crippen LogP contribution is -2.61. The van der Waals surface area contributed by atoms with E-state index in [-0.39, 0.29) is 25.9 Å². The number of carboxylic acids is 1. The molecule has 0 aromatic rings. The van der Waals surface area contributed by atoms with Gasteiger partial charge >= 0.3 is 23.9 Å². The first-order valence-corrected chi connectivity index (χ1v) is 33.5. The van der Waals surface area contributed by atoms with Crippen LogP contribution in [0, 0.1) is 0 Å². The van der Waals surface area contributed by atoms with E-state index < -0.39 is 67.3 Å². The number of carbonyl (C=O) groups excluding carboxylic acids is 3. The minimum Gasteiger partial charge on any atom is -0.479 e. The van der Waals surface area contributed by atoms with Gasteiger partial charge in [0.2, 0.25) is 0 Å². The van der Waals surface area contributed by atoms with E-state index in [9.17, 15) is 34.5 Å². The molecular formula is C73H118O12. The Morgan fingerprint density at radius 2 is 0.741 bits per heavy atom. The first-order chi connectivity index (χ1) is 41.6. The van der Waals surface area contributed by atoms with E-state index in [1.54, 1.807) is 0 Å². The van der Waals surface area contributed by atoms with Gasteiger partial charge in [-0.1, -0.05) is 239 Å². The van der Waals surface area contributed by atoms with Crippen molar-refractivity contribution >= 4 is 23.9 Å². The van der Waals surface area contributed by atoms with Crippen LogP contribution in [0.4, 0.5) is 0 Å². The Balaban J connectivity index is 2.68. The number of aliphatic hydroxyl groups excluding tert-OH is 2. The van der Waals surface area contributed by atoms with Crippen molar-refractivity contribution in [2.75, 3.05) is 13.2 Å². The Kier molecular flexibility index (Phi) is 54.6. The van der Waals surface area contributed by atoms with Crippen molar-refractivity contribution in [1.82, 2.24) is 0 Å². The lowest BCUT2D eigenvalue weighted by molar-refractivity contribution is -0.301. The summed E-state index contributed by atoms with van der Waals surface area (Å²) in [4.78, 5) is 51.4. The zero-order valence-corrected chi connectivity index (χ0v) is 53.3. The number of hydrogen-bond acceptors (Lipinski definition) is 11. The fraction of sp³-hybridized carbons (Fsp3) is 0.671. The van der Waals surface area contributed by atoms with E-state index >= 15 is 0 Å². The molecule has 482 valence electrons. The molecule has 3 N–H and O–H groups in total. The molecule has 0 aliphatic carbocycles. The maximum absolute atomic E-state index is 13.2. The van der Waals surface area contributed by atoms with Gasteiger partial charge in [-0.2, -0.15) is 0 Å². The number of carboxylic acid groups (broad SMARTS) is 1. The normalized spacial score (nSPS) is 18.2. The second-order valence-electron chi connectivity index (χ2n) is 22.3. The molecule has 85 heavy (non-hydrogen) atoms. The number of unbranched alkanes of at least 4 members (excludes halogenated alkanes) is 22. The molecule has 1 rings (SSSR count). The van der Waals surface area contributed by atoms with Gasteiger partial charge in [0.15, 0.2) is 24.6 Å². The monoisotopic (exact) mass is 1190 g/mol. The molecule has 0 saturated carbocycles. The highest BCUT2D eigenvalue weighted by Crippen LogP contribution is 2.26. The summed E-state index contributed by atoms with van der Waals surface area (Å²) < 4.78 is 28.5. The van der Waals surface area contributed by atoms with Crippen LogP contribution in [0.15, 0.2) is 122 Å². The van der Waals surface area contributed by atoms with Gasteiger partial charge in [-0.15, -0.1) is 0 Å². The van der Waals surface area contributed by atoms with Gasteiger partial charge in [0.05, 0.1) is 6.61 Å². The summed E-state index contributed by atoms with van der Waals surface area (Å²) in [6, 6.07) is 0. The predicted molar refractivity (Wildman–Crippen MR) is 349 cm³/mol. The van der Waals surface area contributed by atoms with Gasteiger partial charge in [0.1, 0.15) is 18.8 Å². The second kappa shape index (κ2) is 59.5. The van der Waals surface area contributed by atoms with E-state index in [1.807, 2.05) is 0 Å². The molecule has 12 nitrogen and oxygen atoms in total. The molecule has 6 atom stereocenters. The Morgan fingerprint density at radius 1 is 0.400 bits per heavy atom. The summed E-state index contributed by atoms with van der Waals surface area (Å²) in [5.74, 6) is -3.18. The minimum absolute atomic E-state index is 0.0141. The molecule has 1 aliphatic heterocycles. The molecule has 0 radical (unpaired) electrons. The van der Waals surface area contributed by atoms with Gasteiger partial charge in [0.25, 0.3) is 0 Å². The third-order valence-corrected chi connectivity index (χ3v) is 14.5. The van der Waals surface area contributed by atoms with Crippen molar-refractivity contribution < 1.29 is 58.2 Å². The number of aliphatic hydroxyl groups is 2. The van der Waals surface area contributed by atoms with E-state index in [2.05, 4.69) is 142 Å². The van der Waals surface area contributed by atoms with Crippen LogP contribution in [0.5, 0.6) is 0 Å². The number of allylic oxidation sites excluding steroid dienone is 20. The summed E-state index contributed by atoms with van der Waals surface area (Å²) in [6.07, 6.45) is 70.0. The number of aliphatic carboxylic acids is 1. The minimum atomic E-state index is -1.92. The zero-order valence-electron chi connectivity index (χ0n) is 53.3. The summed E-state index contributed by atoms with van der Waals surface area (Å²) in [5, 5.41) is 31.6. The lowest BCUT2D eigenvalue weighted by atomic mass is 9.98. The second-order valence-corrected chi connectivity index (χ2v) is 22.3. The number of hydrogen-bond donors (Lipinski definition) is 3. The number of rotatable bonds is 56. The van der Waals surface area contributed by atoms with Gasteiger partial charge in [-0.3, -0.25) is 14.4 Å². The molecule has 0 bridgehead atoms. The fourth-order valence-corrected chi connectivity index (χ4v) is 9.44. The first kappa shape index (κ1) is 78.1. The first-order valence-electron chi connectivity index (χ1n) is 33.5. The van der Waals surface area contributed by atoms with E-state index in [1.165, 1.54) is 57.8 Å². The highest BCUT2D eigenvalue weighted by atomic mass is 16.7. The molecular weight excluding hydrogens is 1070 g/mol. The van der Waals surface area contributed by atoms with Crippen LogP contribution in [-0.2, 0) is 42.9 Å².